The van der Waals surface area contributed by atoms with Crippen molar-refractivity contribution in [1.82, 2.24) is 5.32 Å². The molecule has 2 rings (SSSR count). The summed E-state index contributed by atoms with van der Waals surface area (Å²) in [5.41, 5.74) is -9.92. The second-order valence-electron chi connectivity index (χ2n) is 7.16. The second kappa shape index (κ2) is 9.28. The molecule has 0 radical (unpaired) electrons. The highest BCUT2D eigenvalue weighted by atomic mass is 35.5. The molecule has 0 aromatic heterocycles. The molecule has 1 aliphatic rings. The highest BCUT2D eigenvalue weighted by molar-refractivity contribution is 6.31. The number of hydrogen-bond acceptors (Lipinski definition) is 7. The lowest BCUT2D eigenvalue weighted by Crippen LogP contribution is -2.81. The molecule has 14 heteroatoms. The Morgan fingerprint density at radius 1 is 0.939 bits per heavy atom. The number of piperidine rings is 1. The van der Waals surface area contributed by atoms with Crippen molar-refractivity contribution in [2.24, 2.45) is 11.8 Å². The van der Waals surface area contributed by atoms with Crippen LogP contribution < -0.4 is 5.32 Å². The average Bonchev–Trinajstić information content (AvgIpc) is 2.66. The number of carbonyl (C=O) groups is 2. The Balaban J connectivity index is 3.00. The minimum Gasteiger partial charge on any atom is -0.466 e. The summed E-state index contributed by atoms with van der Waals surface area (Å²) in [6.45, 7) is 1.40. The minimum atomic E-state index is -5.96. The number of ether oxygens (including phenoxy) is 2. The number of benzene rings is 1. The minimum absolute atomic E-state index is 0.429. The van der Waals surface area contributed by atoms with E-state index in [9.17, 15) is 46.1 Å². The van der Waals surface area contributed by atoms with Gasteiger partial charge in [-0.3, -0.25) is 9.59 Å². The summed E-state index contributed by atoms with van der Waals surface area (Å²) in [4.78, 5) is 25.3. The van der Waals surface area contributed by atoms with E-state index in [0.717, 1.165) is 12.1 Å². The average molecular weight is 508 g/mol. The van der Waals surface area contributed by atoms with Gasteiger partial charge in [0.15, 0.2) is 0 Å². The van der Waals surface area contributed by atoms with E-state index >= 15 is 0 Å². The molecule has 1 unspecified atom stereocenters. The fraction of sp³-hybridized carbons (Fsp3) is 0.579. The quantitative estimate of drug-likeness (QED) is 0.416. The van der Waals surface area contributed by atoms with Gasteiger partial charge in [-0.25, -0.2) is 5.32 Å². The van der Waals surface area contributed by atoms with Crippen LogP contribution in [0.25, 0.3) is 0 Å². The molecule has 1 aromatic carbocycles. The van der Waals surface area contributed by atoms with Crippen molar-refractivity contribution in [2.75, 3.05) is 13.2 Å². The molecule has 1 saturated heterocycles. The summed E-state index contributed by atoms with van der Waals surface area (Å²) in [6, 6.07) is 4.51. The van der Waals surface area contributed by atoms with Gasteiger partial charge in [0, 0.05) is 10.9 Å². The van der Waals surface area contributed by atoms with Gasteiger partial charge in [0.25, 0.3) is 0 Å². The largest absolute Gasteiger partial charge is 0.466 e. The first-order valence-electron chi connectivity index (χ1n) is 9.52. The van der Waals surface area contributed by atoms with Gasteiger partial charge in [0.2, 0.25) is 11.4 Å². The number of carbonyl (C=O) groups excluding carboxylic acids is 2. The SMILES string of the molecule is CCOC(=O)[C@@H]1C(c2ccccc2Cl)[C@H](C(=O)OCC)[C@](O)(C(F)(F)F)N[C@]1(O)C(F)(F)F. The maximum Gasteiger partial charge on any atom is 0.432 e. The summed E-state index contributed by atoms with van der Waals surface area (Å²) in [6.07, 6.45) is -11.9. The predicted octanol–water partition coefficient (Wildman–Crippen LogP) is 2.89. The van der Waals surface area contributed by atoms with Gasteiger partial charge in [-0.15, -0.1) is 0 Å². The lowest BCUT2D eigenvalue weighted by Gasteiger charge is -2.54. The van der Waals surface area contributed by atoms with Crippen LogP contribution in [0.2, 0.25) is 5.02 Å². The Morgan fingerprint density at radius 2 is 1.33 bits per heavy atom. The predicted molar refractivity (Wildman–Crippen MR) is 99.6 cm³/mol. The summed E-state index contributed by atoms with van der Waals surface area (Å²) >= 11 is 6.02. The number of esters is 2. The molecule has 3 N–H and O–H groups in total. The highest BCUT2D eigenvalue weighted by Crippen LogP contribution is 2.56. The Labute approximate surface area is 188 Å². The van der Waals surface area contributed by atoms with E-state index in [4.69, 9.17) is 11.6 Å². The van der Waals surface area contributed by atoms with Gasteiger partial charge in [-0.2, -0.15) is 26.3 Å². The first-order chi connectivity index (χ1) is 15.1. The zero-order valence-corrected chi connectivity index (χ0v) is 17.9. The van der Waals surface area contributed by atoms with E-state index in [1.807, 2.05) is 0 Å². The number of aliphatic hydroxyl groups is 2. The Kier molecular flexibility index (Phi) is 7.63. The van der Waals surface area contributed by atoms with Crippen molar-refractivity contribution in [3.63, 3.8) is 0 Å². The maximum absolute atomic E-state index is 14.0. The van der Waals surface area contributed by atoms with Crippen LogP contribution in [-0.2, 0) is 19.1 Å². The first-order valence-corrected chi connectivity index (χ1v) is 9.89. The molecule has 1 heterocycles. The van der Waals surface area contributed by atoms with Gasteiger partial charge in [-0.05, 0) is 25.5 Å². The van der Waals surface area contributed by atoms with Crippen LogP contribution in [0.5, 0.6) is 0 Å². The third-order valence-corrected chi connectivity index (χ3v) is 5.55. The summed E-state index contributed by atoms with van der Waals surface area (Å²) in [7, 11) is 0. The zero-order valence-electron chi connectivity index (χ0n) is 17.1. The third kappa shape index (κ3) is 4.63. The van der Waals surface area contributed by atoms with Gasteiger partial charge in [-0.1, -0.05) is 29.8 Å². The van der Waals surface area contributed by atoms with Crippen molar-refractivity contribution in [3.8, 4) is 0 Å². The van der Waals surface area contributed by atoms with Crippen molar-refractivity contribution < 1.29 is 55.6 Å². The molecule has 0 amide bonds. The van der Waals surface area contributed by atoms with E-state index in [1.165, 1.54) is 26.0 Å². The topological polar surface area (TPSA) is 105 Å². The highest BCUT2D eigenvalue weighted by Gasteiger charge is 2.78. The molecule has 186 valence electrons. The second-order valence-corrected chi connectivity index (χ2v) is 7.57. The molecule has 0 aliphatic carbocycles. The molecule has 5 atom stereocenters. The van der Waals surface area contributed by atoms with Gasteiger partial charge in [0.1, 0.15) is 11.8 Å². The maximum atomic E-state index is 14.0. The lowest BCUT2D eigenvalue weighted by molar-refractivity contribution is -0.376. The molecule has 0 saturated carbocycles. The van der Waals surface area contributed by atoms with Crippen molar-refractivity contribution in [2.45, 2.75) is 43.6 Å². The Bertz CT molecular complexity index is 848. The third-order valence-electron chi connectivity index (χ3n) is 5.21. The molecule has 1 aromatic rings. The zero-order chi connectivity index (χ0) is 25.4. The number of nitrogens with one attached hydrogen (secondary N) is 1. The van der Waals surface area contributed by atoms with Gasteiger partial charge < -0.3 is 19.7 Å². The van der Waals surface area contributed by atoms with E-state index in [2.05, 4.69) is 9.47 Å². The molecule has 7 nitrogen and oxygen atoms in total. The number of halogens is 7. The van der Waals surface area contributed by atoms with Crippen LogP contribution in [0.15, 0.2) is 24.3 Å². The van der Waals surface area contributed by atoms with Crippen LogP contribution in [0.4, 0.5) is 26.3 Å². The van der Waals surface area contributed by atoms with Gasteiger partial charge in [0.05, 0.1) is 13.2 Å². The monoisotopic (exact) mass is 507 g/mol. The van der Waals surface area contributed by atoms with Crippen LogP contribution in [0, 0.1) is 11.8 Å². The fourth-order valence-corrected chi connectivity index (χ4v) is 4.12. The summed E-state index contributed by atoms with van der Waals surface area (Å²) in [5, 5.41) is 21.3. The van der Waals surface area contributed by atoms with Crippen molar-refractivity contribution >= 4 is 23.5 Å². The fourth-order valence-electron chi connectivity index (χ4n) is 3.86. The first kappa shape index (κ1) is 27.2. The smallest absolute Gasteiger partial charge is 0.432 e. The van der Waals surface area contributed by atoms with Crippen molar-refractivity contribution in [1.29, 1.82) is 0 Å². The summed E-state index contributed by atoms with van der Waals surface area (Å²) < 4.78 is 93.4. The molecule has 0 bridgehead atoms. The Morgan fingerprint density at radius 3 is 1.67 bits per heavy atom. The number of alkyl halides is 6. The van der Waals surface area contributed by atoms with E-state index in [-0.39, 0.29) is 0 Å². The van der Waals surface area contributed by atoms with E-state index in [0.29, 0.717) is 5.32 Å². The Hall–Kier alpha value is -2.09. The number of rotatable bonds is 5. The standard InChI is InChI=1S/C19H20ClF6NO6/c1-3-32-14(28)12-11(9-7-5-6-8-10(9)20)13(15(29)33-4-2)17(31,19(24,25)26)27-16(12,30)18(21,22)23/h5-8,11-13,27,30-31H,3-4H2,1-2H3/t11?,12-,13+,16+,17-. The van der Waals surface area contributed by atoms with Gasteiger partial charge >= 0.3 is 24.3 Å². The van der Waals surface area contributed by atoms with Crippen LogP contribution in [0.3, 0.4) is 0 Å². The van der Waals surface area contributed by atoms with Crippen LogP contribution in [-0.4, -0.2) is 59.2 Å². The van der Waals surface area contributed by atoms with E-state index < -0.39 is 77.3 Å². The van der Waals surface area contributed by atoms with Crippen LogP contribution >= 0.6 is 11.6 Å². The molecular weight excluding hydrogens is 488 g/mol. The number of hydrogen-bond donors (Lipinski definition) is 3. The molecule has 33 heavy (non-hydrogen) atoms. The normalized spacial score (nSPS) is 30.6. The molecule has 1 aliphatic heterocycles. The molecular formula is C19H20ClF6NO6. The van der Waals surface area contributed by atoms with Crippen molar-refractivity contribution in [3.05, 3.63) is 34.9 Å². The summed E-state index contributed by atoms with van der Waals surface area (Å²) in [5.74, 6) is -11.8. The van der Waals surface area contributed by atoms with Crippen LogP contribution in [0.1, 0.15) is 25.3 Å². The lowest BCUT2D eigenvalue weighted by atomic mass is 9.64. The van der Waals surface area contributed by atoms with E-state index in [1.54, 1.807) is 0 Å². The molecule has 1 fully saturated rings. The molecule has 0 spiro atoms.